The molecule has 2 rings (SSSR count). The fraction of sp³-hybridized carbons (Fsp3) is 0.357. The lowest BCUT2D eigenvalue weighted by molar-refractivity contribution is 0.553. The summed E-state index contributed by atoms with van der Waals surface area (Å²) in [4.78, 5) is 0. The highest BCUT2D eigenvalue weighted by Crippen LogP contribution is 2.25. The molecule has 0 radical (unpaired) electrons. The summed E-state index contributed by atoms with van der Waals surface area (Å²) in [6.07, 6.45) is 4.46. The summed E-state index contributed by atoms with van der Waals surface area (Å²) in [5.74, 6) is -0.266. The Hall–Kier alpha value is -1.20. The standard InChI is InChI=1S/C14H17BrFN3/c1-3-7-17-10(2)12-5-4-6-13(16)14(12)19-9-11(15)8-18-19/h4-6,8-10,17H,3,7H2,1-2H3. The van der Waals surface area contributed by atoms with Crippen molar-refractivity contribution in [3.05, 3.63) is 46.4 Å². The quantitative estimate of drug-likeness (QED) is 0.905. The topological polar surface area (TPSA) is 29.9 Å². The lowest BCUT2D eigenvalue weighted by Crippen LogP contribution is -2.21. The van der Waals surface area contributed by atoms with E-state index in [1.54, 1.807) is 23.1 Å². The van der Waals surface area contributed by atoms with Crippen molar-refractivity contribution in [1.29, 1.82) is 0 Å². The summed E-state index contributed by atoms with van der Waals surface area (Å²) >= 11 is 3.34. The van der Waals surface area contributed by atoms with Crippen LogP contribution in [0.3, 0.4) is 0 Å². The highest BCUT2D eigenvalue weighted by atomic mass is 79.9. The predicted octanol–water partition coefficient (Wildman–Crippen LogP) is 3.83. The van der Waals surface area contributed by atoms with Crippen molar-refractivity contribution < 1.29 is 4.39 Å². The number of nitrogens with zero attached hydrogens (tertiary/aromatic N) is 2. The molecule has 2 aromatic rings. The zero-order valence-corrected chi connectivity index (χ0v) is 12.6. The number of benzene rings is 1. The molecule has 0 fully saturated rings. The molecular formula is C14H17BrFN3. The van der Waals surface area contributed by atoms with Crippen molar-refractivity contribution in [2.75, 3.05) is 6.54 Å². The Morgan fingerprint density at radius 2 is 2.26 bits per heavy atom. The fourth-order valence-electron chi connectivity index (χ4n) is 2.02. The van der Waals surface area contributed by atoms with Crippen molar-refractivity contribution in [1.82, 2.24) is 15.1 Å². The summed E-state index contributed by atoms with van der Waals surface area (Å²) in [6, 6.07) is 5.20. The Kier molecular flexibility index (Phi) is 4.71. The van der Waals surface area contributed by atoms with Crippen molar-refractivity contribution in [3.63, 3.8) is 0 Å². The van der Waals surface area contributed by atoms with Crippen LogP contribution in [0, 0.1) is 5.82 Å². The van der Waals surface area contributed by atoms with Gasteiger partial charge in [0.25, 0.3) is 0 Å². The molecule has 1 aromatic carbocycles. The average Bonchev–Trinajstić information content (AvgIpc) is 2.82. The molecule has 3 nitrogen and oxygen atoms in total. The molecule has 19 heavy (non-hydrogen) atoms. The van der Waals surface area contributed by atoms with Gasteiger partial charge in [-0.3, -0.25) is 0 Å². The van der Waals surface area contributed by atoms with E-state index in [9.17, 15) is 4.39 Å². The Labute approximate surface area is 121 Å². The van der Waals surface area contributed by atoms with Crippen molar-refractivity contribution >= 4 is 15.9 Å². The maximum atomic E-state index is 14.1. The molecule has 1 heterocycles. The smallest absolute Gasteiger partial charge is 0.149 e. The molecule has 0 spiro atoms. The van der Waals surface area contributed by atoms with Crippen LogP contribution in [0.15, 0.2) is 35.1 Å². The molecule has 0 aliphatic heterocycles. The van der Waals surface area contributed by atoms with E-state index in [-0.39, 0.29) is 11.9 Å². The molecule has 102 valence electrons. The fourth-order valence-corrected chi connectivity index (χ4v) is 2.30. The first-order chi connectivity index (χ1) is 9.13. The molecular weight excluding hydrogens is 309 g/mol. The number of hydrogen-bond donors (Lipinski definition) is 1. The van der Waals surface area contributed by atoms with Crippen LogP contribution in [-0.2, 0) is 0 Å². The number of nitrogens with one attached hydrogen (secondary N) is 1. The van der Waals surface area contributed by atoms with E-state index in [0.717, 1.165) is 23.0 Å². The van der Waals surface area contributed by atoms with Gasteiger partial charge in [-0.2, -0.15) is 5.10 Å². The number of aromatic nitrogens is 2. The molecule has 0 amide bonds. The van der Waals surface area contributed by atoms with Crippen LogP contribution in [0.25, 0.3) is 5.69 Å². The summed E-state index contributed by atoms with van der Waals surface area (Å²) in [5, 5.41) is 7.55. The van der Waals surface area contributed by atoms with E-state index in [1.165, 1.54) is 6.07 Å². The van der Waals surface area contributed by atoms with Crippen LogP contribution in [0.1, 0.15) is 31.9 Å². The first-order valence-corrected chi connectivity index (χ1v) is 7.15. The minimum Gasteiger partial charge on any atom is -0.310 e. The van der Waals surface area contributed by atoms with Crippen LogP contribution in [-0.4, -0.2) is 16.3 Å². The molecule has 0 bridgehead atoms. The molecule has 1 aromatic heterocycles. The molecule has 1 unspecified atom stereocenters. The van der Waals surface area contributed by atoms with E-state index in [4.69, 9.17) is 0 Å². The molecule has 1 atom stereocenters. The molecule has 0 aliphatic rings. The van der Waals surface area contributed by atoms with Gasteiger partial charge < -0.3 is 5.32 Å². The van der Waals surface area contributed by atoms with Crippen LogP contribution in [0.2, 0.25) is 0 Å². The number of hydrogen-bond acceptors (Lipinski definition) is 2. The first-order valence-electron chi connectivity index (χ1n) is 6.35. The van der Waals surface area contributed by atoms with Crippen LogP contribution < -0.4 is 5.32 Å². The second-order valence-electron chi connectivity index (χ2n) is 4.46. The van der Waals surface area contributed by atoms with Crippen LogP contribution >= 0.6 is 15.9 Å². The van der Waals surface area contributed by atoms with Gasteiger partial charge in [0.15, 0.2) is 0 Å². The maximum Gasteiger partial charge on any atom is 0.149 e. The van der Waals surface area contributed by atoms with E-state index in [0.29, 0.717) is 5.69 Å². The SMILES string of the molecule is CCCNC(C)c1cccc(F)c1-n1cc(Br)cn1. The third kappa shape index (κ3) is 3.22. The van der Waals surface area contributed by atoms with Gasteiger partial charge in [0.2, 0.25) is 0 Å². The Morgan fingerprint density at radius 1 is 1.47 bits per heavy atom. The zero-order valence-electron chi connectivity index (χ0n) is 11.0. The minimum atomic E-state index is -0.266. The largest absolute Gasteiger partial charge is 0.310 e. The molecule has 5 heteroatoms. The minimum absolute atomic E-state index is 0.0774. The Balaban J connectivity index is 2.41. The lowest BCUT2D eigenvalue weighted by Gasteiger charge is -2.18. The third-order valence-electron chi connectivity index (χ3n) is 2.97. The maximum absolute atomic E-state index is 14.1. The molecule has 0 saturated heterocycles. The summed E-state index contributed by atoms with van der Waals surface area (Å²) in [7, 11) is 0. The number of halogens is 2. The number of para-hydroxylation sites is 1. The van der Waals surface area contributed by atoms with E-state index >= 15 is 0 Å². The summed E-state index contributed by atoms with van der Waals surface area (Å²) < 4.78 is 16.5. The summed E-state index contributed by atoms with van der Waals surface area (Å²) in [5.41, 5.74) is 1.41. The van der Waals surface area contributed by atoms with Crippen molar-refractivity contribution in [3.8, 4) is 5.69 Å². The molecule has 1 N–H and O–H groups in total. The predicted molar refractivity (Wildman–Crippen MR) is 77.9 cm³/mol. The normalized spacial score (nSPS) is 12.6. The van der Waals surface area contributed by atoms with Gasteiger partial charge >= 0.3 is 0 Å². The lowest BCUT2D eigenvalue weighted by atomic mass is 10.1. The van der Waals surface area contributed by atoms with E-state index in [2.05, 4.69) is 33.3 Å². The first kappa shape index (κ1) is 14.2. The van der Waals surface area contributed by atoms with Crippen LogP contribution in [0.4, 0.5) is 4.39 Å². The van der Waals surface area contributed by atoms with Gasteiger partial charge in [-0.05, 0) is 47.4 Å². The van der Waals surface area contributed by atoms with Gasteiger partial charge in [0.05, 0.1) is 10.7 Å². The highest BCUT2D eigenvalue weighted by Gasteiger charge is 2.16. The van der Waals surface area contributed by atoms with Gasteiger partial charge in [-0.25, -0.2) is 9.07 Å². The third-order valence-corrected chi connectivity index (χ3v) is 3.37. The second-order valence-corrected chi connectivity index (χ2v) is 5.37. The van der Waals surface area contributed by atoms with Crippen LogP contribution in [0.5, 0.6) is 0 Å². The molecule has 0 aliphatic carbocycles. The van der Waals surface area contributed by atoms with Gasteiger partial charge in [0.1, 0.15) is 11.5 Å². The average molecular weight is 326 g/mol. The number of rotatable bonds is 5. The second kappa shape index (κ2) is 6.30. The van der Waals surface area contributed by atoms with Gasteiger partial charge in [0, 0.05) is 12.2 Å². The van der Waals surface area contributed by atoms with E-state index < -0.39 is 0 Å². The van der Waals surface area contributed by atoms with Crippen molar-refractivity contribution in [2.24, 2.45) is 0 Å². The Morgan fingerprint density at radius 3 is 2.89 bits per heavy atom. The van der Waals surface area contributed by atoms with Gasteiger partial charge in [-0.1, -0.05) is 19.1 Å². The summed E-state index contributed by atoms with van der Waals surface area (Å²) in [6.45, 7) is 5.04. The molecule has 0 saturated carbocycles. The monoisotopic (exact) mass is 325 g/mol. The van der Waals surface area contributed by atoms with Gasteiger partial charge in [-0.15, -0.1) is 0 Å². The van der Waals surface area contributed by atoms with Crippen molar-refractivity contribution in [2.45, 2.75) is 26.3 Å². The van der Waals surface area contributed by atoms with E-state index in [1.807, 2.05) is 13.0 Å². The zero-order chi connectivity index (χ0) is 13.8. The highest BCUT2D eigenvalue weighted by molar-refractivity contribution is 9.10. The Bertz CT molecular complexity index is 553.